The summed E-state index contributed by atoms with van der Waals surface area (Å²) in [4.78, 5) is 27.3. The van der Waals surface area contributed by atoms with E-state index in [1.165, 1.54) is 23.5 Å². The van der Waals surface area contributed by atoms with Crippen LogP contribution in [0.1, 0.15) is 19.4 Å². The molecule has 0 saturated carbocycles. The highest BCUT2D eigenvalue weighted by Crippen LogP contribution is 2.38. The van der Waals surface area contributed by atoms with E-state index in [2.05, 4.69) is 15.6 Å². The van der Waals surface area contributed by atoms with Crippen molar-refractivity contribution in [1.82, 2.24) is 15.6 Å². The molecule has 2 atom stereocenters. The molecule has 1 aliphatic rings. The second-order valence-electron chi connectivity index (χ2n) is 6.57. The molecule has 0 spiro atoms. The summed E-state index contributed by atoms with van der Waals surface area (Å²) >= 11 is 2.74. The molecule has 2 aromatic rings. The van der Waals surface area contributed by atoms with Gasteiger partial charge in [-0.2, -0.15) is 0 Å². The molecule has 1 aromatic carbocycles. The van der Waals surface area contributed by atoms with E-state index in [-0.39, 0.29) is 17.7 Å². The Hall–Kier alpha value is -1.60. The summed E-state index contributed by atoms with van der Waals surface area (Å²) < 4.78 is 0. The minimum absolute atomic E-state index is 0.0144. The molecule has 25 heavy (non-hydrogen) atoms. The lowest BCUT2D eigenvalue weighted by Gasteiger charge is -2.46. The SMILES string of the molecule is CSC1(Cc2c[nH]c3ccccc23)NC(=O)C(SC)(C(C)C)NC1=O. The normalized spacial score (nSPS) is 26.8. The first kappa shape index (κ1) is 18.2. The highest BCUT2D eigenvalue weighted by Gasteiger charge is 2.55. The first-order valence-corrected chi connectivity index (χ1v) is 10.6. The fourth-order valence-electron chi connectivity index (χ4n) is 3.33. The number of amides is 2. The van der Waals surface area contributed by atoms with Crippen molar-refractivity contribution in [2.24, 2.45) is 5.92 Å². The van der Waals surface area contributed by atoms with Gasteiger partial charge in [-0.1, -0.05) is 32.0 Å². The van der Waals surface area contributed by atoms with E-state index in [1.807, 2.05) is 56.8 Å². The van der Waals surface area contributed by atoms with Crippen LogP contribution in [0.2, 0.25) is 0 Å². The molecule has 2 amide bonds. The quantitative estimate of drug-likeness (QED) is 0.749. The van der Waals surface area contributed by atoms with Gasteiger partial charge in [0.1, 0.15) is 0 Å². The number of hydrogen-bond donors (Lipinski definition) is 3. The van der Waals surface area contributed by atoms with Gasteiger partial charge in [0.15, 0.2) is 9.74 Å². The third-order valence-corrected chi connectivity index (χ3v) is 7.45. The third kappa shape index (κ3) is 2.83. The smallest absolute Gasteiger partial charge is 0.258 e. The maximum absolute atomic E-state index is 13.1. The molecule has 3 rings (SSSR count). The number of nitrogens with one attached hydrogen (secondary N) is 3. The van der Waals surface area contributed by atoms with Crippen LogP contribution in [0.4, 0.5) is 0 Å². The molecule has 0 radical (unpaired) electrons. The number of thioether (sulfide) groups is 2. The van der Waals surface area contributed by atoms with Crippen molar-refractivity contribution >= 4 is 46.2 Å². The molecule has 7 heteroatoms. The highest BCUT2D eigenvalue weighted by atomic mass is 32.2. The van der Waals surface area contributed by atoms with Crippen LogP contribution in [-0.2, 0) is 16.0 Å². The van der Waals surface area contributed by atoms with Crippen LogP contribution in [0, 0.1) is 5.92 Å². The predicted molar refractivity (Wildman–Crippen MR) is 106 cm³/mol. The summed E-state index contributed by atoms with van der Waals surface area (Å²) in [6.07, 6.45) is 6.06. The zero-order valence-corrected chi connectivity index (χ0v) is 16.4. The van der Waals surface area contributed by atoms with Gasteiger partial charge in [-0.25, -0.2) is 0 Å². The number of carbonyl (C=O) groups excluding carboxylic acids is 2. The fraction of sp³-hybridized carbons (Fsp3) is 0.444. The molecule has 1 aromatic heterocycles. The van der Waals surface area contributed by atoms with Gasteiger partial charge < -0.3 is 15.6 Å². The van der Waals surface area contributed by atoms with Crippen LogP contribution in [0.3, 0.4) is 0 Å². The molecule has 2 heterocycles. The van der Waals surface area contributed by atoms with Crippen LogP contribution in [0.5, 0.6) is 0 Å². The number of carbonyl (C=O) groups is 2. The summed E-state index contributed by atoms with van der Waals surface area (Å²) in [7, 11) is 0. The van der Waals surface area contributed by atoms with Crippen molar-refractivity contribution in [3.63, 3.8) is 0 Å². The topological polar surface area (TPSA) is 74.0 Å². The Bertz CT molecular complexity index is 820. The maximum atomic E-state index is 13.1. The van der Waals surface area contributed by atoms with Crippen LogP contribution in [-0.4, -0.2) is 39.1 Å². The Kier molecular flexibility index (Phi) is 4.81. The van der Waals surface area contributed by atoms with Crippen molar-refractivity contribution in [2.45, 2.75) is 30.0 Å². The molecule has 1 saturated heterocycles. The Balaban J connectivity index is 1.96. The van der Waals surface area contributed by atoms with Gasteiger partial charge in [-0.3, -0.25) is 9.59 Å². The van der Waals surface area contributed by atoms with Gasteiger partial charge in [0.25, 0.3) is 11.8 Å². The Morgan fingerprint density at radius 2 is 1.76 bits per heavy atom. The number of rotatable bonds is 5. The lowest BCUT2D eigenvalue weighted by molar-refractivity contribution is -0.140. The first-order valence-electron chi connectivity index (χ1n) is 8.19. The molecule has 0 bridgehead atoms. The molecule has 3 N–H and O–H groups in total. The van der Waals surface area contributed by atoms with Crippen molar-refractivity contribution in [3.8, 4) is 0 Å². The van der Waals surface area contributed by atoms with Crippen molar-refractivity contribution in [2.75, 3.05) is 12.5 Å². The van der Waals surface area contributed by atoms with E-state index >= 15 is 0 Å². The third-order valence-electron chi connectivity index (χ3n) is 4.92. The fourth-order valence-corrected chi connectivity index (χ4v) is 4.97. The molecule has 1 fully saturated rings. The standard InChI is InChI=1S/C18H23N3O2S2/c1-11(2)18(25-4)16(23)20-17(24-3,15(22)21-18)9-12-10-19-14-8-6-5-7-13(12)14/h5-8,10-11,19H,9H2,1-4H3,(H,20,23)(H,21,22). The van der Waals surface area contributed by atoms with Crippen LogP contribution in [0.25, 0.3) is 10.9 Å². The molecule has 2 unspecified atom stereocenters. The molecule has 5 nitrogen and oxygen atoms in total. The number of benzene rings is 1. The van der Waals surface area contributed by atoms with E-state index < -0.39 is 9.74 Å². The van der Waals surface area contributed by atoms with Gasteiger partial charge in [-0.05, 0) is 30.1 Å². The van der Waals surface area contributed by atoms with Gasteiger partial charge >= 0.3 is 0 Å². The van der Waals surface area contributed by atoms with Gasteiger partial charge in [-0.15, -0.1) is 23.5 Å². The number of H-pyrrole nitrogens is 1. The molecular weight excluding hydrogens is 354 g/mol. The lowest BCUT2D eigenvalue weighted by Crippen LogP contribution is -2.74. The summed E-state index contributed by atoms with van der Waals surface area (Å²) in [5.41, 5.74) is 2.04. The predicted octanol–water partition coefficient (Wildman–Crippen LogP) is 2.73. The number of piperazine rings is 1. The van der Waals surface area contributed by atoms with Crippen molar-refractivity contribution < 1.29 is 9.59 Å². The van der Waals surface area contributed by atoms with E-state index in [9.17, 15) is 9.59 Å². The summed E-state index contributed by atoms with van der Waals surface area (Å²) in [6, 6.07) is 7.97. The Morgan fingerprint density at radius 1 is 1.04 bits per heavy atom. The molecule has 0 aliphatic carbocycles. The zero-order chi connectivity index (χ0) is 18.2. The van der Waals surface area contributed by atoms with Gasteiger partial charge in [0.05, 0.1) is 0 Å². The number of aromatic amines is 1. The number of aromatic nitrogens is 1. The Labute approximate surface area is 156 Å². The van der Waals surface area contributed by atoms with E-state index in [1.54, 1.807) is 0 Å². The van der Waals surface area contributed by atoms with E-state index in [4.69, 9.17) is 0 Å². The van der Waals surface area contributed by atoms with Crippen LogP contribution in [0.15, 0.2) is 30.5 Å². The van der Waals surface area contributed by atoms with Gasteiger partial charge in [0, 0.05) is 23.5 Å². The average molecular weight is 378 g/mol. The monoisotopic (exact) mass is 377 g/mol. The number of para-hydroxylation sites is 1. The van der Waals surface area contributed by atoms with Crippen LogP contribution < -0.4 is 10.6 Å². The van der Waals surface area contributed by atoms with Crippen molar-refractivity contribution in [1.29, 1.82) is 0 Å². The van der Waals surface area contributed by atoms with Gasteiger partial charge in [0.2, 0.25) is 0 Å². The molecule has 1 aliphatic heterocycles. The second-order valence-corrected chi connectivity index (χ2v) is 8.73. The summed E-state index contributed by atoms with van der Waals surface area (Å²) in [5.74, 6) is -0.295. The second kappa shape index (κ2) is 6.61. The van der Waals surface area contributed by atoms with E-state index in [0.29, 0.717) is 6.42 Å². The summed E-state index contributed by atoms with van der Waals surface area (Å²) in [6.45, 7) is 3.89. The largest absolute Gasteiger partial charge is 0.361 e. The van der Waals surface area contributed by atoms with E-state index in [0.717, 1.165) is 16.5 Å². The maximum Gasteiger partial charge on any atom is 0.258 e. The first-order chi connectivity index (χ1) is 11.9. The minimum atomic E-state index is -1.00. The molecule has 134 valence electrons. The van der Waals surface area contributed by atoms with Crippen molar-refractivity contribution in [3.05, 3.63) is 36.0 Å². The molecular formula is C18H23N3O2S2. The zero-order valence-electron chi connectivity index (χ0n) is 14.8. The number of hydrogen-bond acceptors (Lipinski definition) is 4. The average Bonchev–Trinajstić information content (AvgIpc) is 3.00. The van der Waals surface area contributed by atoms with Crippen LogP contribution >= 0.6 is 23.5 Å². The summed E-state index contributed by atoms with van der Waals surface area (Å²) in [5, 5.41) is 7.12. The highest BCUT2D eigenvalue weighted by molar-refractivity contribution is 8.01. The number of fused-ring (bicyclic) bond motifs is 1. The lowest BCUT2D eigenvalue weighted by atomic mass is 9.95. The minimum Gasteiger partial charge on any atom is -0.361 e. The Morgan fingerprint density at radius 3 is 2.40 bits per heavy atom.